The Morgan fingerprint density at radius 3 is 2.30 bits per heavy atom. The lowest BCUT2D eigenvalue weighted by Crippen LogP contribution is -2.18. The van der Waals surface area contributed by atoms with E-state index in [9.17, 15) is 22.8 Å². The molecule has 1 aromatic carbocycles. The Morgan fingerprint density at radius 1 is 1.17 bits per heavy atom. The lowest BCUT2D eigenvalue weighted by molar-refractivity contribution is -0.143. The van der Waals surface area contributed by atoms with Crippen molar-refractivity contribution in [2.45, 2.75) is 19.0 Å². The summed E-state index contributed by atoms with van der Waals surface area (Å²) in [4.78, 5) is 22.6. The van der Waals surface area contributed by atoms with Gasteiger partial charge in [0.25, 0.3) is 0 Å². The van der Waals surface area contributed by atoms with Crippen LogP contribution in [0, 0.1) is 0 Å². The van der Waals surface area contributed by atoms with Gasteiger partial charge in [0, 0.05) is 17.9 Å². The predicted molar refractivity (Wildman–Crippen MR) is 76.3 cm³/mol. The number of hydrogen-bond acceptors (Lipinski definition) is 3. The molecule has 122 valence electrons. The highest BCUT2D eigenvalue weighted by Gasteiger charge is 2.40. The van der Waals surface area contributed by atoms with Gasteiger partial charge in [-0.1, -0.05) is 11.6 Å². The topological polar surface area (TPSA) is 78.0 Å². The number of rotatable bonds is 5. The van der Waals surface area contributed by atoms with Crippen LogP contribution in [0.5, 0.6) is 0 Å². The third kappa shape index (κ3) is 3.89. The first-order chi connectivity index (χ1) is 10.7. The van der Waals surface area contributed by atoms with Gasteiger partial charge in [-0.25, -0.2) is 4.68 Å². The van der Waals surface area contributed by atoms with E-state index in [1.54, 1.807) is 0 Å². The summed E-state index contributed by atoms with van der Waals surface area (Å²) in [6.07, 6.45) is -4.71. The SMILES string of the molecule is NC(=O)CCC(=O)c1cnn(-c2ccc(Cl)cc2)c1C(F)(F)F. The number of aromatic nitrogens is 2. The van der Waals surface area contributed by atoms with Crippen molar-refractivity contribution in [1.82, 2.24) is 9.78 Å². The van der Waals surface area contributed by atoms with Gasteiger partial charge in [0.15, 0.2) is 11.5 Å². The van der Waals surface area contributed by atoms with Crippen molar-refractivity contribution in [3.05, 3.63) is 46.7 Å². The van der Waals surface area contributed by atoms with Crippen LogP contribution in [0.15, 0.2) is 30.5 Å². The molecule has 0 fully saturated rings. The van der Waals surface area contributed by atoms with Crippen LogP contribution in [0.3, 0.4) is 0 Å². The average molecular weight is 346 g/mol. The molecule has 0 radical (unpaired) electrons. The van der Waals surface area contributed by atoms with Crippen molar-refractivity contribution >= 4 is 23.3 Å². The summed E-state index contributed by atoms with van der Waals surface area (Å²) in [5.41, 5.74) is 3.21. The van der Waals surface area contributed by atoms with Crippen molar-refractivity contribution in [2.75, 3.05) is 0 Å². The van der Waals surface area contributed by atoms with Gasteiger partial charge in [0.05, 0.1) is 17.4 Å². The van der Waals surface area contributed by atoms with E-state index >= 15 is 0 Å². The Morgan fingerprint density at radius 2 is 1.78 bits per heavy atom. The minimum absolute atomic E-state index is 0.107. The minimum Gasteiger partial charge on any atom is -0.370 e. The number of nitrogens with zero attached hydrogens (tertiary/aromatic N) is 2. The molecule has 0 saturated carbocycles. The van der Waals surface area contributed by atoms with Crippen LogP contribution < -0.4 is 5.73 Å². The van der Waals surface area contributed by atoms with Crippen molar-refractivity contribution in [1.29, 1.82) is 0 Å². The molecule has 2 N–H and O–H groups in total. The van der Waals surface area contributed by atoms with Gasteiger partial charge >= 0.3 is 6.18 Å². The molecule has 2 aromatic rings. The summed E-state index contributed by atoms with van der Waals surface area (Å²) in [7, 11) is 0. The van der Waals surface area contributed by atoms with E-state index in [4.69, 9.17) is 17.3 Å². The highest BCUT2D eigenvalue weighted by molar-refractivity contribution is 6.30. The first-order valence-electron chi connectivity index (χ1n) is 6.43. The highest BCUT2D eigenvalue weighted by Crippen LogP contribution is 2.34. The molecule has 0 bridgehead atoms. The molecule has 0 atom stereocenters. The van der Waals surface area contributed by atoms with E-state index in [0.717, 1.165) is 6.20 Å². The van der Waals surface area contributed by atoms with E-state index in [0.29, 0.717) is 9.70 Å². The van der Waals surface area contributed by atoms with Gasteiger partial charge in [0.2, 0.25) is 5.91 Å². The molecule has 0 unspecified atom stereocenters. The number of alkyl halides is 3. The highest BCUT2D eigenvalue weighted by atomic mass is 35.5. The molecule has 0 aliphatic rings. The standard InChI is InChI=1S/C14H11ClF3N3O2/c15-8-1-3-9(4-2-8)21-13(14(16,17)18)10(7-20-21)11(22)5-6-12(19)23/h1-4,7H,5-6H2,(H2,19,23). The maximum absolute atomic E-state index is 13.3. The molecular weight excluding hydrogens is 335 g/mol. The second-order valence-corrected chi connectivity index (χ2v) is 5.12. The smallest absolute Gasteiger partial charge is 0.370 e. The molecule has 0 aliphatic carbocycles. The number of nitrogens with two attached hydrogens (primary N) is 1. The maximum Gasteiger partial charge on any atom is 0.434 e. The zero-order chi connectivity index (χ0) is 17.2. The molecule has 0 spiro atoms. The second-order valence-electron chi connectivity index (χ2n) is 4.68. The molecule has 5 nitrogen and oxygen atoms in total. The van der Waals surface area contributed by atoms with E-state index in [1.165, 1.54) is 24.3 Å². The van der Waals surface area contributed by atoms with E-state index < -0.39 is 35.5 Å². The minimum atomic E-state index is -4.80. The Labute approximate surface area is 133 Å². The van der Waals surface area contributed by atoms with E-state index in [1.807, 2.05) is 0 Å². The largest absolute Gasteiger partial charge is 0.434 e. The Bertz CT molecular complexity index is 739. The third-order valence-corrected chi connectivity index (χ3v) is 3.26. The number of halogens is 4. The number of benzene rings is 1. The first-order valence-corrected chi connectivity index (χ1v) is 6.80. The van der Waals surface area contributed by atoms with Crippen LogP contribution in [0.2, 0.25) is 5.02 Å². The van der Waals surface area contributed by atoms with Crippen LogP contribution in [-0.4, -0.2) is 21.5 Å². The summed E-state index contributed by atoms with van der Waals surface area (Å²) in [6, 6.07) is 5.52. The molecular formula is C14H11ClF3N3O2. The summed E-state index contributed by atoms with van der Waals surface area (Å²) in [5.74, 6) is -1.62. The number of primary amides is 1. The third-order valence-electron chi connectivity index (χ3n) is 3.01. The normalized spacial score (nSPS) is 11.5. The molecule has 9 heteroatoms. The Kier molecular flexibility index (Phi) is 4.74. The quantitative estimate of drug-likeness (QED) is 0.846. The molecule has 0 saturated heterocycles. The zero-order valence-electron chi connectivity index (χ0n) is 11.6. The number of carbonyl (C=O) groups is 2. The maximum atomic E-state index is 13.3. The van der Waals surface area contributed by atoms with Crippen LogP contribution in [0.1, 0.15) is 28.9 Å². The fraction of sp³-hybridized carbons (Fsp3) is 0.214. The predicted octanol–water partition coefficient (Wildman–Crippen LogP) is 2.99. The number of ketones is 1. The molecule has 23 heavy (non-hydrogen) atoms. The fourth-order valence-electron chi connectivity index (χ4n) is 1.97. The van der Waals surface area contributed by atoms with Crippen molar-refractivity contribution < 1.29 is 22.8 Å². The molecule has 1 heterocycles. The summed E-state index contributed by atoms with van der Waals surface area (Å²) in [6.45, 7) is 0. The van der Waals surface area contributed by atoms with Crippen LogP contribution in [-0.2, 0) is 11.0 Å². The Balaban J connectivity index is 2.47. The summed E-state index contributed by atoms with van der Waals surface area (Å²) >= 11 is 5.71. The lowest BCUT2D eigenvalue weighted by Gasteiger charge is -2.12. The number of Topliss-reactive ketones (excluding diaryl/α,β-unsaturated/α-hetero) is 1. The zero-order valence-corrected chi connectivity index (χ0v) is 12.4. The second kappa shape index (κ2) is 6.41. The number of hydrogen-bond donors (Lipinski definition) is 1. The average Bonchev–Trinajstić information content (AvgIpc) is 2.90. The van der Waals surface area contributed by atoms with Crippen LogP contribution >= 0.6 is 11.6 Å². The van der Waals surface area contributed by atoms with Gasteiger partial charge in [0.1, 0.15) is 0 Å². The first kappa shape index (κ1) is 17.0. The van der Waals surface area contributed by atoms with Gasteiger partial charge in [-0.15, -0.1) is 0 Å². The molecule has 1 amide bonds. The monoisotopic (exact) mass is 345 g/mol. The number of amides is 1. The van der Waals surface area contributed by atoms with Crippen LogP contribution in [0.25, 0.3) is 5.69 Å². The molecule has 0 aliphatic heterocycles. The fourth-order valence-corrected chi connectivity index (χ4v) is 2.10. The van der Waals surface area contributed by atoms with Gasteiger partial charge in [-0.05, 0) is 24.3 Å². The van der Waals surface area contributed by atoms with Gasteiger partial charge in [-0.3, -0.25) is 9.59 Å². The molecule has 2 rings (SSSR count). The van der Waals surface area contributed by atoms with Crippen LogP contribution in [0.4, 0.5) is 13.2 Å². The van der Waals surface area contributed by atoms with Gasteiger partial charge < -0.3 is 5.73 Å². The van der Waals surface area contributed by atoms with Crippen molar-refractivity contribution in [2.24, 2.45) is 5.73 Å². The van der Waals surface area contributed by atoms with Crippen molar-refractivity contribution in [3.63, 3.8) is 0 Å². The van der Waals surface area contributed by atoms with Gasteiger partial charge in [-0.2, -0.15) is 18.3 Å². The van der Waals surface area contributed by atoms with Crippen molar-refractivity contribution in [3.8, 4) is 5.69 Å². The Hall–Kier alpha value is -2.35. The summed E-state index contributed by atoms with van der Waals surface area (Å²) in [5, 5.41) is 4.00. The van der Waals surface area contributed by atoms with E-state index in [2.05, 4.69) is 5.10 Å². The lowest BCUT2D eigenvalue weighted by atomic mass is 10.1. The van der Waals surface area contributed by atoms with E-state index in [-0.39, 0.29) is 12.1 Å². The summed E-state index contributed by atoms with van der Waals surface area (Å²) < 4.78 is 40.6. The number of carbonyl (C=O) groups excluding carboxylic acids is 2. The molecule has 1 aromatic heterocycles.